The zero-order chi connectivity index (χ0) is 24.3. The fraction of sp³-hybridized carbons (Fsp3) is 0.542. The molecule has 2 N–H and O–H groups in total. The number of morpholine rings is 1. The molecule has 0 radical (unpaired) electrons. The first kappa shape index (κ1) is 22.7. The largest absolute Gasteiger partial charge is 0.486 e. The summed E-state index contributed by atoms with van der Waals surface area (Å²) in [6.07, 6.45) is 5.39. The van der Waals surface area contributed by atoms with Crippen molar-refractivity contribution in [3.8, 4) is 17.1 Å². The summed E-state index contributed by atoms with van der Waals surface area (Å²) < 4.78 is 29.6. The molecule has 0 amide bonds. The standard InChI is InChI=1S/C24H30N6O4S/c1-13-8-32-11-15-12-34-19-20(24(2,3)35(4)31)28-22(29-23(19)30(13)15)18-16-5-6-25-21(16)26-7-17(18)27-14-9-33-10-14/h5-7,13-15,27H,8-12H2,1-4H3,(H,25,26)/t13-,15+,35?/m1/s1. The third-order valence-corrected chi connectivity index (χ3v) is 8.78. The SMILES string of the molecule is C[C@@H]1COC[C@H]2COc3c(nc(-c4c(NC5COC5)cnc5[nH]ccc45)nc3C(C)(C)S(C)=O)N21. The number of pyridine rings is 1. The molecule has 3 atom stereocenters. The van der Waals surface area contributed by atoms with Crippen molar-refractivity contribution in [1.29, 1.82) is 0 Å². The topological polar surface area (TPSA) is 114 Å². The average molecular weight is 499 g/mol. The van der Waals surface area contributed by atoms with E-state index < -0.39 is 15.5 Å². The molecule has 0 saturated carbocycles. The molecule has 3 aliphatic rings. The number of fused-ring (bicyclic) bond motifs is 4. The van der Waals surface area contributed by atoms with E-state index in [1.54, 1.807) is 6.26 Å². The van der Waals surface area contributed by atoms with Crippen molar-refractivity contribution >= 4 is 33.3 Å². The Morgan fingerprint density at radius 2 is 1.97 bits per heavy atom. The van der Waals surface area contributed by atoms with Crippen LogP contribution in [0.3, 0.4) is 0 Å². The fourth-order valence-electron chi connectivity index (χ4n) is 4.88. The van der Waals surface area contributed by atoms with Crippen LogP contribution in [0.1, 0.15) is 26.5 Å². The van der Waals surface area contributed by atoms with Crippen LogP contribution >= 0.6 is 0 Å². The Morgan fingerprint density at radius 3 is 2.71 bits per heavy atom. The minimum absolute atomic E-state index is 0.0616. The Balaban J connectivity index is 1.60. The molecule has 0 aliphatic carbocycles. The van der Waals surface area contributed by atoms with Crippen LogP contribution in [0.4, 0.5) is 11.5 Å². The van der Waals surface area contributed by atoms with Gasteiger partial charge in [-0.25, -0.2) is 15.0 Å². The summed E-state index contributed by atoms with van der Waals surface area (Å²) in [4.78, 5) is 20.2. The maximum absolute atomic E-state index is 12.9. The smallest absolute Gasteiger partial charge is 0.185 e. The Bertz CT molecular complexity index is 1310. The number of hydrogen-bond acceptors (Lipinski definition) is 9. The lowest BCUT2D eigenvalue weighted by atomic mass is 10.0. The summed E-state index contributed by atoms with van der Waals surface area (Å²) in [6, 6.07) is 2.38. The molecule has 6 rings (SSSR count). The number of ether oxygens (including phenoxy) is 3. The molecule has 11 heteroatoms. The molecule has 3 aromatic rings. The second-order valence-electron chi connectivity index (χ2n) is 9.94. The van der Waals surface area contributed by atoms with Crippen molar-refractivity contribution in [3.05, 3.63) is 24.2 Å². The summed E-state index contributed by atoms with van der Waals surface area (Å²) in [5, 5.41) is 4.46. The number of hydrogen-bond donors (Lipinski definition) is 2. The quantitative estimate of drug-likeness (QED) is 0.547. The van der Waals surface area contributed by atoms with Crippen molar-refractivity contribution in [2.45, 2.75) is 43.6 Å². The van der Waals surface area contributed by atoms with Gasteiger partial charge in [0.2, 0.25) is 0 Å². The van der Waals surface area contributed by atoms with Crippen LogP contribution in [-0.2, 0) is 25.0 Å². The van der Waals surface area contributed by atoms with Crippen LogP contribution < -0.4 is 15.0 Å². The van der Waals surface area contributed by atoms with Crippen molar-refractivity contribution in [3.63, 3.8) is 0 Å². The summed E-state index contributed by atoms with van der Waals surface area (Å²) in [5.41, 5.74) is 3.10. The van der Waals surface area contributed by atoms with Gasteiger partial charge in [-0.15, -0.1) is 0 Å². The zero-order valence-electron chi connectivity index (χ0n) is 20.3. The number of H-pyrrole nitrogens is 1. The zero-order valence-corrected chi connectivity index (χ0v) is 21.1. The normalized spacial score (nSPS) is 23.3. The minimum Gasteiger partial charge on any atom is -0.486 e. The monoisotopic (exact) mass is 498 g/mol. The molecule has 2 saturated heterocycles. The molecule has 0 bridgehead atoms. The molecule has 35 heavy (non-hydrogen) atoms. The van der Waals surface area contributed by atoms with Gasteiger partial charge < -0.3 is 29.4 Å². The molecule has 3 aliphatic heterocycles. The summed E-state index contributed by atoms with van der Waals surface area (Å²) in [7, 11) is -1.20. The summed E-state index contributed by atoms with van der Waals surface area (Å²) in [5.74, 6) is 1.89. The average Bonchev–Trinajstić information content (AvgIpc) is 3.29. The first-order valence-electron chi connectivity index (χ1n) is 11.9. The van der Waals surface area contributed by atoms with Gasteiger partial charge >= 0.3 is 0 Å². The van der Waals surface area contributed by atoms with Gasteiger partial charge in [0.05, 0.1) is 66.7 Å². The summed E-state index contributed by atoms with van der Waals surface area (Å²) >= 11 is 0. The van der Waals surface area contributed by atoms with E-state index in [4.69, 9.17) is 24.2 Å². The second-order valence-corrected chi connectivity index (χ2v) is 11.9. The molecule has 1 unspecified atom stereocenters. The van der Waals surface area contributed by atoms with Crippen molar-refractivity contribution < 1.29 is 18.4 Å². The third kappa shape index (κ3) is 3.68. The first-order chi connectivity index (χ1) is 16.8. The predicted octanol–water partition coefficient (Wildman–Crippen LogP) is 2.43. The predicted molar refractivity (Wildman–Crippen MR) is 134 cm³/mol. The van der Waals surface area contributed by atoms with Crippen molar-refractivity contribution in [1.82, 2.24) is 19.9 Å². The molecule has 6 heterocycles. The van der Waals surface area contributed by atoms with E-state index in [0.29, 0.717) is 50.3 Å². The Hall–Kier alpha value is -2.76. The lowest BCUT2D eigenvalue weighted by Crippen LogP contribution is -2.56. The highest BCUT2D eigenvalue weighted by Gasteiger charge is 2.42. The van der Waals surface area contributed by atoms with E-state index in [9.17, 15) is 4.21 Å². The molecule has 0 aromatic carbocycles. The van der Waals surface area contributed by atoms with Crippen LogP contribution in [0.5, 0.6) is 5.75 Å². The van der Waals surface area contributed by atoms with E-state index in [1.165, 1.54) is 0 Å². The van der Waals surface area contributed by atoms with Crippen LogP contribution in [-0.4, -0.2) is 81.6 Å². The van der Waals surface area contributed by atoms with Gasteiger partial charge in [0.25, 0.3) is 0 Å². The molecule has 3 aromatic heterocycles. The fourth-order valence-corrected chi connectivity index (χ4v) is 5.30. The lowest BCUT2D eigenvalue weighted by Gasteiger charge is -2.45. The highest BCUT2D eigenvalue weighted by atomic mass is 32.2. The minimum atomic E-state index is -1.20. The van der Waals surface area contributed by atoms with Gasteiger partial charge in [0.1, 0.15) is 17.9 Å². The first-order valence-corrected chi connectivity index (χ1v) is 13.5. The number of aromatic nitrogens is 4. The molecule has 186 valence electrons. The highest BCUT2D eigenvalue weighted by molar-refractivity contribution is 7.85. The lowest BCUT2D eigenvalue weighted by molar-refractivity contribution is 0.0211. The second kappa shape index (κ2) is 8.42. The Morgan fingerprint density at radius 1 is 1.17 bits per heavy atom. The van der Waals surface area contributed by atoms with Crippen LogP contribution in [0.2, 0.25) is 0 Å². The number of rotatable bonds is 5. The highest BCUT2D eigenvalue weighted by Crippen LogP contribution is 2.45. The van der Waals surface area contributed by atoms with Crippen LogP contribution in [0.25, 0.3) is 22.4 Å². The molecular weight excluding hydrogens is 468 g/mol. The van der Waals surface area contributed by atoms with Crippen LogP contribution in [0.15, 0.2) is 18.5 Å². The number of nitrogens with one attached hydrogen (secondary N) is 2. The number of aromatic amines is 1. The van der Waals surface area contributed by atoms with Gasteiger partial charge in [0.15, 0.2) is 17.4 Å². The van der Waals surface area contributed by atoms with Crippen LogP contribution in [0, 0.1) is 0 Å². The molecular formula is C24H30N6O4S. The van der Waals surface area contributed by atoms with E-state index in [2.05, 4.69) is 27.1 Å². The van der Waals surface area contributed by atoms with E-state index in [0.717, 1.165) is 28.1 Å². The summed E-state index contributed by atoms with van der Waals surface area (Å²) in [6.45, 7) is 8.96. The maximum Gasteiger partial charge on any atom is 0.185 e. The Kier molecular flexibility index (Phi) is 5.46. The Labute approximate surface area is 206 Å². The van der Waals surface area contributed by atoms with E-state index >= 15 is 0 Å². The van der Waals surface area contributed by atoms with Crippen molar-refractivity contribution in [2.75, 3.05) is 49.5 Å². The van der Waals surface area contributed by atoms with Gasteiger partial charge in [-0.3, -0.25) is 4.21 Å². The van der Waals surface area contributed by atoms with Crippen molar-refractivity contribution in [2.24, 2.45) is 0 Å². The van der Waals surface area contributed by atoms with Gasteiger partial charge in [0, 0.05) is 28.6 Å². The number of anilines is 2. The number of nitrogens with zero attached hydrogens (tertiary/aromatic N) is 4. The molecule has 10 nitrogen and oxygen atoms in total. The third-order valence-electron chi connectivity index (χ3n) is 7.15. The maximum atomic E-state index is 12.9. The van der Waals surface area contributed by atoms with Gasteiger partial charge in [-0.2, -0.15) is 0 Å². The van der Waals surface area contributed by atoms with E-state index in [-0.39, 0.29) is 18.1 Å². The van der Waals surface area contributed by atoms with Gasteiger partial charge in [-0.1, -0.05) is 0 Å². The molecule has 2 fully saturated rings. The van der Waals surface area contributed by atoms with E-state index in [1.807, 2.05) is 32.3 Å². The molecule has 0 spiro atoms. The van der Waals surface area contributed by atoms with Gasteiger partial charge in [-0.05, 0) is 26.8 Å².